The molecule has 0 spiro atoms. The van der Waals surface area contributed by atoms with Gasteiger partial charge >= 0.3 is 0 Å². The molecule has 3 heterocycles. The second kappa shape index (κ2) is 13.7. The van der Waals surface area contributed by atoms with E-state index in [2.05, 4.69) is 131 Å². The predicted molar refractivity (Wildman–Crippen MR) is 204 cm³/mol. The van der Waals surface area contributed by atoms with Crippen molar-refractivity contribution in [1.29, 1.82) is 0 Å². The number of rotatable bonds is 10. The molecule has 252 valence electrons. The first-order chi connectivity index (χ1) is 23.8. The summed E-state index contributed by atoms with van der Waals surface area (Å²) in [5, 5.41) is 7.73. The lowest BCUT2D eigenvalue weighted by Gasteiger charge is -2.33. The lowest BCUT2D eigenvalue weighted by molar-refractivity contribution is 0.389. The highest BCUT2D eigenvalue weighted by molar-refractivity contribution is 6.09. The first kappa shape index (κ1) is 32.9. The fraction of sp³-hybridized carbons (Fsp3) is 0.364. The molecule has 0 saturated heterocycles. The van der Waals surface area contributed by atoms with Crippen molar-refractivity contribution in [3.63, 3.8) is 0 Å². The van der Waals surface area contributed by atoms with Crippen LogP contribution < -0.4 is 4.74 Å². The van der Waals surface area contributed by atoms with Crippen molar-refractivity contribution in [1.82, 2.24) is 19.3 Å². The van der Waals surface area contributed by atoms with Crippen molar-refractivity contribution < 1.29 is 4.74 Å². The lowest BCUT2D eigenvalue weighted by atomic mass is 9.72. The summed E-state index contributed by atoms with van der Waals surface area (Å²) in [5.41, 5.74) is 11.2. The van der Waals surface area contributed by atoms with E-state index in [9.17, 15) is 0 Å². The topological polar surface area (TPSA) is 44.9 Å². The summed E-state index contributed by atoms with van der Waals surface area (Å²) < 4.78 is 11.3. The van der Waals surface area contributed by atoms with Gasteiger partial charge < -0.3 is 4.74 Å². The molecule has 6 aromatic rings. The van der Waals surface area contributed by atoms with E-state index >= 15 is 0 Å². The Kier molecular flexibility index (Phi) is 9.19. The van der Waals surface area contributed by atoms with Crippen LogP contribution in [0.4, 0.5) is 0 Å². The molecule has 0 aliphatic heterocycles. The molecule has 1 unspecified atom stereocenters. The van der Waals surface area contributed by atoms with Gasteiger partial charge in [-0.3, -0.25) is 4.57 Å². The summed E-state index contributed by atoms with van der Waals surface area (Å²) in [6.45, 7) is 16.0. The molecule has 0 amide bonds. The molecule has 0 bridgehead atoms. The first-order valence-electron chi connectivity index (χ1n) is 18.4. The molecular formula is C44H50N4O. The molecular weight excluding hydrogens is 601 g/mol. The van der Waals surface area contributed by atoms with Gasteiger partial charge in [0.25, 0.3) is 0 Å². The number of unbranched alkanes of at least 4 members (excludes halogenated alkanes) is 1. The number of aryl methyl sites for hydroxylation is 3. The second-order valence-corrected chi connectivity index (χ2v) is 14.3. The van der Waals surface area contributed by atoms with E-state index in [0.29, 0.717) is 17.8 Å². The van der Waals surface area contributed by atoms with Crippen molar-refractivity contribution in [3.05, 3.63) is 119 Å². The maximum absolute atomic E-state index is 6.80. The number of para-hydroxylation sites is 1. The van der Waals surface area contributed by atoms with Gasteiger partial charge in [-0.2, -0.15) is 5.10 Å². The Morgan fingerprint density at radius 2 is 1.65 bits per heavy atom. The van der Waals surface area contributed by atoms with Crippen LogP contribution in [0, 0.1) is 18.8 Å². The molecule has 0 N–H and O–H groups in total. The molecule has 1 aliphatic carbocycles. The van der Waals surface area contributed by atoms with Crippen LogP contribution in [0.3, 0.4) is 0 Å². The lowest BCUT2D eigenvalue weighted by Crippen LogP contribution is -2.21. The van der Waals surface area contributed by atoms with Crippen LogP contribution in [0.1, 0.15) is 94.8 Å². The van der Waals surface area contributed by atoms with Crippen LogP contribution in [0.15, 0.2) is 90.6 Å². The van der Waals surface area contributed by atoms with Crippen LogP contribution in [0.25, 0.3) is 33.3 Å². The maximum atomic E-state index is 6.80. The van der Waals surface area contributed by atoms with Crippen LogP contribution in [-0.4, -0.2) is 19.3 Å². The average molecular weight is 651 g/mol. The van der Waals surface area contributed by atoms with E-state index in [4.69, 9.17) is 14.8 Å². The SMILES string of the molecule is CCCCc1cc(Oc2ccc3c4ccccc4n(-c4cc(C)ccn4)c3c2)cc(-n2nc(CC)c(C3C(C)=C[C@H](C)C[C@@H]3C)c2CC)c1. The van der Waals surface area contributed by atoms with Crippen LogP contribution >= 0.6 is 0 Å². The maximum Gasteiger partial charge on any atom is 0.137 e. The number of pyridine rings is 1. The molecule has 3 aromatic heterocycles. The van der Waals surface area contributed by atoms with Gasteiger partial charge in [-0.05, 0) is 111 Å². The third-order valence-corrected chi connectivity index (χ3v) is 10.5. The minimum absolute atomic E-state index is 0.412. The monoisotopic (exact) mass is 650 g/mol. The molecule has 1 aliphatic rings. The Morgan fingerprint density at radius 1 is 0.837 bits per heavy atom. The van der Waals surface area contributed by atoms with E-state index in [1.54, 1.807) is 0 Å². The van der Waals surface area contributed by atoms with Crippen LogP contribution in [-0.2, 0) is 19.3 Å². The van der Waals surface area contributed by atoms with Gasteiger partial charge in [0.2, 0.25) is 0 Å². The number of ether oxygens (including phenoxy) is 1. The van der Waals surface area contributed by atoms with Crippen molar-refractivity contribution in [2.24, 2.45) is 11.8 Å². The molecule has 0 saturated carbocycles. The fourth-order valence-electron chi connectivity index (χ4n) is 8.38. The van der Waals surface area contributed by atoms with Crippen molar-refractivity contribution in [3.8, 4) is 23.0 Å². The average Bonchev–Trinajstić information content (AvgIpc) is 3.62. The zero-order chi connectivity index (χ0) is 34.2. The molecule has 49 heavy (non-hydrogen) atoms. The number of hydrogen-bond donors (Lipinski definition) is 0. The molecule has 3 aromatic carbocycles. The number of benzene rings is 3. The molecule has 5 nitrogen and oxygen atoms in total. The highest BCUT2D eigenvalue weighted by Crippen LogP contribution is 2.44. The third kappa shape index (κ3) is 6.20. The van der Waals surface area contributed by atoms with E-state index in [1.807, 2.05) is 12.3 Å². The smallest absolute Gasteiger partial charge is 0.137 e. The third-order valence-electron chi connectivity index (χ3n) is 10.5. The van der Waals surface area contributed by atoms with E-state index < -0.39 is 0 Å². The molecule has 0 fully saturated rings. The molecule has 3 atom stereocenters. The Bertz CT molecular complexity index is 2170. The minimum Gasteiger partial charge on any atom is -0.457 e. The summed E-state index contributed by atoms with van der Waals surface area (Å²) in [4.78, 5) is 4.77. The Morgan fingerprint density at radius 3 is 2.41 bits per heavy atom. The van der Waals surface area contributed by atoms with Gasteiger partial charge in [-0.15, -0.1) is 0 Å². The zero-order valence-corrected chi connectivity index (χ0v) is 30.3. The first-order valence-corrected chi connectivity index (χ1v) is 18.4. The van der Waals surface area contributed by atoms with Gasteiger partial charge in [0.15, 0.2) is 0 Å². The summed E-state index contributed by atoms with van der Waals surface area (Å²) in [7, 11) is 0. The molecule has 7 rings (SSSR count). The minimum atomic E-state index is 0.412. The fourth-order valence-corrected chi connectivity index (χ4v) is 8.38. The summed E-state index contributed by atoms with van der Waals surface area (Å²) >= 11 is 0. The van der Waals surface area contributed by atoms with E-state index in [-0.39, 0.29) is 0 Å². The standard InChI is InChI=1S/C44H50N4O/c1-8-11-14-32-24-33(48-39(10-3)44(38(9-2)46-48)43-30(6)21-29(5)22-31(43)7)26-35(25-32)49-34-17-18-37-36-15-12-13-16-40(36)47(41(37)27-34)42-23-28(4)19-20-45-42/h12-13,15-21,23-27,29,31,43H,8-11,14,22H2,1-7H3/t29-,31-,43?/m0/s1. The van der Waals surface area contributed by atoms with Crippen molar-refractivity contribution >= 4 is 21.8 Å². The Hall–Kier alpha value is -4.64. The van der Waals surface area contributed by atoms with Crippen LogP contribution in [0.5, 0.6) is 11.5 Å². The number of allylic oxidation sites excluding steroid dienone is 2. The summed E-state index contributed by atoms with van der Waals surface area (Å²) in [5.74, 6) is 4.18. The van der Waals surface area contributed by atoms with E-state index in [0.717, 1.165) is 66.1 Å². The quantitative estimate of drug-likeness (QED) is 0.139. The number of fused-ring (bicyclic) bond motifs is 3. The summed E-state index contributed by atoms with van der Waals surface area (Å²) in [6.07, 6.45) is 10.7. The van der Waals surface area contributed by atoms with Gasteiger partial charge in [0.05, 0.1) is 22.4 Å². The normalized spacial score (nSPS) is 17.9. The largest absolute Gasteiger partial charge is 0.457 e. The highest BCUT2D eigenvalue weighted by atomic mass is 16.5. The molecule has 0 radical (unpaired) electrons. The number of aromatic nitrogens is 4. The van der Waals surface area contributed by atoms with Crippen molar-refractivity contribution in [2.45, 2.75) is 92.9 Å². The van der Waals surface area contributed by atoms with Gasteiger partial charge in [0, 0.05) is 46.3 Å². The van der Waals surface area contributed by atoms with Crippen molar-refractivity contribution in [2.75, 3.05) is 0 Å². The molecule has 5 heteroatoms. The van der Waals surface area contributed by atoms with Crippen LogP contribution in [0.2, 0.25) is 0 Å². The Balaban J connectivity index is 1.34. The number of nitrogens with zero attached hydrogens (tertiary/aromatic N) is 4. The summed E-state index contributed by atoms with van der Waals surface area (Å²) in [6, 6.07) is 25.9. The highest BCUT2D eigenvalue weighted by Gasteiger charge is 2.32. The zero-order valence-electron chi connectivity index (χ0n) is 30.3. The number of hydrogen-bond acceptors (Lipinski definition) is 3. The second-order valence-electron chi connectivity index (χ2n) is 14.3. The van der Waals surface area contributed by atoms with Gasteiger partial charge in [0.1, 0.15) is 17.3 Å². The predicted octanol–water partition coefficient (Wildman–Crippen LogP) is 11.6. The van der Waals surface area contributed by atoms with E-state index in [1.165, 1.54) is 50.8 Å². The van der Waals surface area contributed by atoms with Gasteiger partial charge in [-0.25, -0.2) is 9.67 Å². The Labute approximate surface area is 291 Å². The van der Waals surface area contributed by atoms with Gasteiger partial charge in [-0.1, -0.05) is 70.9 Å².